The fourth-order valence-corrected chi connectivity index (χ4v) is 5.41. The third-order valence-electron chi connectivity index (χ3n) is 5.08. The Morgan fingerprint density at radius 3 is 2.56 bits per heavy atom. The predicted molar refractivity (Wildman–Crippen MR) is 95.1 cm³/mol. The van der Waals surface area contributed by atoms with E-state index in [9.17, 15) is 8.42 Å². The molecule has 4 rings (SSSR count). The first-order valence-electron chi connectivity index (χ1n) is 8.87. The predicted octanol–water partition coefficient (Wildman–Crippen LogP) is 2.98. The van der Waals surface area contributed by atoms with Gasteiger partial charge in [-0.25, -0.2) is 8.42 Å². The van der Waals surface area contributed by atoms with Gasteiger partial charge in [-0.05, 0) is 31.4 Å². The molecule has 1 saturated carbocycles. The second-order valence-corrected chi connectivity index (χ2v) is 8.56. The highest BCUT2D eigenvalue weighted by Gasteiger charge is 2.34. The minimum atomic E-state index is -3.64. The van der Waals surface area contributed by atoms with Crippen LogP contribution in [0.4, 0.5) is 5.69 Å². The van der Waals surface area contributed by atoms with Gasteiger partial charge in [0.2, 0.25) is 0 Å². The van der Waals surface area contributed by atoms with Gasteiger partial charge in [-0.1, -0.05) is 31.0 Å². The number of sulfonamides is 1. The van der Waals surface area contributed by atoms with Crippen molar-refractivity contribution < 1.29 is 13.2 Å². The van der Waals surface area contributed by atoms with Crippen molar-refractivity contribution in [2.75, 3.05) is 17.5 Å². The van der Waals surface area contributed by atoms with Gasteiger partial charge in [-0.15, -0.1) is 0 Å². The van der Waals surface area contributed by atoms with Crippen molar-refractivity contribution in [1.82, 2.24) is 9.78 Å². The van der Waals surface area contributed by atoms with E-state index >= 15 is 0 Å². The average molecular weight is 361 g/mol. The third-order valence-corrected chi connectivity index (χ3v) is 6.91. The minimum Gasteiger partial charge on any atom is -0.379 e. The molecule has 134 valence electrons. The van der Waals surface area contributed by atoms with E-state index < -0.39 is 10.0 Å². The first-order chi connectivity index (χ1) is 12.2. The van der Waals surface area contributed by atoms with Crippen LogP contribution >= 0.6 is 0 Å². The molecule has 0 amide bonds. The molecule has 2 fully saturated rings. The molecule has 0 N–H and O–H groups in total. The van der Waals surface area contributed by atoms with Crippen LogP contribution in [0.15, 0.2) is 47.6 Å². The summed E-state index contributed by atoms with van der Waals surface area (Å²) in [4.78, 5) is 0.259. The zero-order valence-corrected chi connectivity index (χ0v) is 14.9. The Labute approximate surface area is 148 Å². The van der Waals surface area contributed by atoms with Crippen molar-refractivity contribution >= 4 is 15.7 Å². The average Bonchev–Trinajstić information content (AvgIpc) is 3.37. The van der Waals surface area contributed by atoms with E-state index in [4.69, 9.17) is 4.74 Å². The Balaban J connectivity index is 1.70. The summed E-state index contributed by atoms with van der Waals surface area (Å²) < 4.78 is 35.5. The molecule has 2 aliphatic rings. The Kier molecular flexibility index (Phi) is 4.52. The molecule has 1 saturated heterocycles. The van der Waals surface area contributed by atoms with Crippen LogP contribution in [0.25, 0.3) is 0 Å². The molecule has 1 aromatic carbocycles. The molecule has 1 aromatic heterocycles. The molecule has 6 nitrogen and oxygen atoms in total. The van der Waals surface area contributed by atoms with Crippen molar-refractivity contribution in [2.24, 2.45) is 0 Å². The largest absolute Gasteiger partial charge is 0.379 e. The maximum Gasteiger partial charge on any atom is 0.267 e. The van der Waals surface area contributed by atoms with Crippen LogP contribution in [0.2, 0.25) is 0 Å². The summed E-state index contributed by atoms with van der Waals surface area (Å²) in [5.41, 5.74) is 0.728. The molecule has 2 aromatic rings. The lowest BCUT2D eigenvalue weighted by Gasteiger charge is -2.29. The van der Waals surface area contributed by atoms with Crippen LogP contribution in [-0.2, 0) is 14.8 Å². The number of hydrogen-bond acceptors (Lipinski definition) is 4. The number of rotatable bonds is 5. The summed E-state index contributed by atoms with van der Waals surface area (Å²) in [6.07, 6.45) is 7.94. The standard InChI is InChI=1S/C18H23N3O3S/c22-25(23,18-12-19-20(13-18)17-10-11-24-14-17)21(16-8-4-5-9-16)15-6-2-1-3-7-15/h1-3,6-7,12-13,16-17H,4-5,8-11,14H2. The van der Waals surface area contributed by atoms with E-state index in [2.05, 4.69) is 5.10 Å². The second-order valence-electron chi connectivity index (χ2n) is 6.75. The van der Waals surface area contributed by atoms with E-state index in [0.29, 0.717) is 13.2 Å². The molecule has 25 heavy (non-hydrogen) atoms. The van der Waals surface area contributed by atoms with Gasteiger partial charge in [-0.3, -0.25) is 8.99 Å². The molecule has 0 radical (unpaired) electrons. The first kappa shape index (κ1) is 16.6. The van der Waals surface area contributed by atoms with E-state index in [-0.39, 0.29) is 17.0 Å². The second kappa shape index (κ2) is 6.80. The SMILES string of the molecule is O=S(=O)(c1cnn(C2CCOC2)c1)N(c1ccccc1)C1CCCC1. The highest BCUT2D eigenvalue weighted by Crippen LogP contribution is 2.33. The minimum absolute atomic E-state index is 0.0190. The van der Waals surface area contributed by atoms with Gasteiger partial charge in [0.1, 0.15) is 4.90 Å². The third kappa shape index (κ3) is 3.18. The van der Waals surface area contributed by atoms with Crippen LogP contribution in [0, 0.1) is 0 Å². The van der Waals surface area contributed by atoms with Gasteiger partial charge in [0, 0.05) is 18.8 Å². The van der Waals surface area contributed by atoms with Crippen molar-refractivity contribution in [1.29, 1.82) is 0 Å². The van der Waals surface area contributed by atoms with Gasteiger partial charge in [-0.2, -0.15) is 5.10 Å². The zero-order chi connectivity index (χ0) is 17.3. The maximum atomic E-state index is 13.4. The number of para-hydroxylation sites is 1. The molecule has 0 spiro atoms. The fraction of sp³-hybridized carbons (Fsp3) is 0.500. The summed E-state index contributed by atoms with van der Waals surface area (Å²) in [6.45, 7) is 1.29. The van der Waals surface area contributed by atoms with E-state index in [1.165, 1.54) is 6.20 Å². The lowest BCUT2D eigenvalue weighted by atomic mass is 10.2. The number of hydrogen-bond donors (Lipinski definition) is 0. The summed E-state index contributed by atoms with van der Waals surface area (Å²) in [7, 11) is -3.64. The smallest absolute Gasteiger partial charge is 0.267 e. The van der Waals surface area contributed by atoms with Crippen LogP contribution in [0.3, 0.4) is 0 Å². The summed E-state index contributed by atoms with van der Waals surface area (Å²) in [5, 5.41) is 4.30. The monoisotopic (exact) mass is 361 g/mol. The van der Waals surface area contributed by atoms with Crippen LogP contribution in [0.1, 0.15) is 38.1 Å². The fourth-order valence-electron chi connectivity index (χ4n) is 3.76. The molecule has 1 aliphatic carbocycles. The zero-order valence-electron chi connectivity index (χ0n) is 14.1. The van der Waals surface area contributed by atoms with Crippen LogP contribution in [0.5, 0.6) is 0 Å². The quantitative estimate of drug-likeness (QED) is 0.821. The molecule has 7 heteroatoms. The molecular formula is C18H23N3O3S. The molecular weight excluding hydrogens is 338 g/mol. The van der Waals surface area contributed by atoms with Gasteiger partial charge >= 0.3 is 0 Å². The number of anilines is 1. The molecule has 1 atom stereocenters. The lowest BCUT2D eigenvalue weighted by Crippen LogP contribution is -2.38. The number of nitrogens with zero attached hydrogens (tertiary/aromatic N) is 3. The molecule has 1 unspecified atom stereocenters. The van der Waals surface area contributed by atoms with Crippen molar-refractivity contribution in [3.8, 4) is 0 Å². The summed E-state index contributed by atoms with van der Waals surface area (Å²) in [6, 6.07) is 9.54. The van der Waals surface area contributed by atoms with Gasteiger partial charge in [0.05, 0.1) is 24.5 Å². The summed E-state index contributed by atoms with van der Waals surface area (Å²) in [5.74, 6) is 0. The maximum absolute atomic E-state index is 13.4. The van der Waals surface area contributed by atoms with Gasteiger partial charge in [0.15, 0.2) is 0 Å². The Morgan fingerprint density at radius 2 is 1.88 bits per heavy atom. The molecule has 0 bridgehead atoms. The topological polar surface area (TPSA) is 64.4 Å². The summed E-state index contributed by atoms with van der Waals surface area (Å²) >= 11 is 0. The first-order valence-corrected chi connectivity index (χ1v) is 10.3. The van der Waals surface area contributed by atoms with E-state index in [1.54, 1.807) is 15.2 Å². The van der Waals surface area contributed by atoms with Gasteiger partial charge in [0.25, 0.3) is 10.0 Å². The van der Waals surface area contributed by atoms with Crippen molar-refractivity contribution in [3.05, 3.63) is 42.7 Å². The Bertz CT molecular complexity index is 807. The molecule has 2 heterocycles. The van der Waals surface area contributed by atoms with E-state index in [1.807, 2.05) is 30.3 Å². The Morgan fingerprint density at radius 1 is 1.12 bits per heavy atom. The Hall–Kier alpha value is -1.86. The number of benzene rings is 1. The normalized spacial score (nSPS) is 21.7. The highest BCUT2D eigenvalue weighted by molar-refractivity contribution is 7.92. The number of ether oxygens (including phenoxy) is 1. The van der Waals surface area contributed by atoms with Crippen LogP contribution in [-0.4, -0.2) is 37.5 Å². The van der Waals surface area contributed by atoms with Crippen molar-refractivity contribution in [2.45, 2.75) is 49.1 Å². The van der Waals surface area contributed by atoms with Crippen LogP contribution < -0.4 is 4.31 Å². The van der Waals surface area contributed by atoms with E-state index in [0.717, 1.165) is 37.8 Å². The lowest BCUT2D eigenvalue weighted by molar-refractivity contribution is 0.184. The molecule has 1 aliphatic heterocycles. The highest BCUT2D eigenvalue weighted by atomic mass is 32.2. The van der Waals surface area contributed by atoms with Crippen molar-refractivity contribution in [3.63, 3.8) is 0 Å². The number of aromatic nitrogens is 2. The van der Waals surface area contributed by atoms with Gasteiger partial charge < -0.3 is 4.74 Å².